The van der Waals surface area contributed by atoms with Gasteiger partial charge in [0.1, 0.15) is 18.2 Å². The van der Waals surface area contributed by atoms with Crippen molar-refractivity contribution in [2.45, 2.75) is 406 Å². The number of nitrogens with zero attached hydrogens (tertiary/aromatic N) is 3. The summed E-state index contributed by atoms with van der Waals surface area (Å²) in [4.78, 5) is 7.47. The predicted octanol–water partition coefficient (Wildman–Crippen LogP) is 36.2. The van der Waals surface area contributed by atoms with Crippen LogP contribution < -0.4 is 19.4 Å². The molecule has 10 aromatic carbocycles. The molecule has 0 fully saturated rings. The van der Waals surface area contributed by atoms with Crippen LogP contribution in [-0.4, -0.2) is 42.9 Å². The molecule has 0 bridgehead atoms. The zero-order valence-corrected chi connectivity index (χ0v) is 94.7. The number of rotatable bonds is 8. The fourth-order valence-corrected chi connectivity index (χ4v) is 18.4. The second kappa shape index (κ2) is 51.1. The molecule has 3 aliphatic heterocycles. The minimum Gasteiger partial charge on any atom is -0.490 e. The molecule has 0 saturated heterocycles. The third kappa shape index (κ3) is 40.2. The normalized spacial score (nSPS) is 12.9. The number of ether oxygens (including phenoxy) is 1. The summed E-state index contributed by atoms with van der Waals surface area (Å²) in [7, 11) is 0. The van der Waals surface area contributed by atoms with Crippen LogP contribution in [0.15, 0.2) is 158 Å². The van der Waals surface area contributed by atoms with Crippen molar-refractivity contribution in [3.63, 3.8) is 0 Å². The summed E-state index contributed by atoms with van der Waals surface area (Å²) in [5, 5.41) is 0. The van der Waals surface area contributed by atoms with Crippen LogP contribution in [0.2, 0.25) is 0 Å². The van der Waals surface area contributed by atoms with E-state index in [4.69, 9.17) is 4.74 Å². The zero-order valence-electron chi connectivity index (χ0n) is 94.7. The van der Waals surface area contributed by atoms with Crippen LogP contribution in [0.1, 0.15) is 355 Å². The fraction of sp³-hybridized carbons (Fsp3) is 0.535. The molecule has 5 heteroatoms. The summed E-state index contributed by atoms with van der Waals surface area (Å²) < 4.78 is 18.9. The Morgan fingerprint density at radius 3 is 1.19 bits per heavy atom. The molecule has 0 saturated carbocycles. The number of benzene rings is 10. The SMILES string of the molecule is CCc1c(C)c(C)cc(F)c1C.CCc1c(C)cc(C)c(C)c1C.CCc1ccc(C)cc1CC(C)(C)C.Cc1cc(C)c(C)c(CC(C)(C)C)c1.Cc1ccc(C)c(CC(C)(C)C)c1.Cc1ccc2c(c1)N(C(C)(C)C)CC2.Cc1ccc2c(c1)N(C(C)(C)C)CCC2.Cc1ccc2c(c1)N(C(C)(C)C)CCO2.Cc1cccc(CC(C)(C)C)c1.Cc1cccc(CC(C)(C)C)c1C. The first kappa shape index (κ1) is 118. The summed E-state index contributed by atoms with van der Waals surface area (Å²) in [5.41, 5.74) is 46.9. The van der Waals surface area contributed by atoms with Crippen LogP contribution in [-0.2, 0) is 64.2 Å². The Labute approximate surface area is 825 Å². The topological polar surface area (TPSA) is 19.0 Å². The predicted molar refractivity (Wildman–Crippen MR) is 597 cm³/mol. The smallest absolute Gasteiger partial charge is 0.142 e. The second-order valence-corrected chi connectivity index (χ2v) is 48.7. The van der Waals surface area contributed by atoms with Crippen molar-refractivity contribution in [3.05, 3.63) is 325 Å². The third-order valence-electron chi connectivity index (χ3n) is 25.9. The highest BCUT2D eigenvalue weighted by Crippen LogP contribution is 2.39. The lowest BCUT2D eigenvalue weighted by Crippen LogP contribution is -2.46. The Balaban J connectivity index is 0.000000312. The summed E-state index contributed by atoms with van der Waals surface area (Å²) >= 11 is 0. The largest absolute Gasteiger partial charge is 0.490 e. The van der Waals surface area contributed by atoms with Crippen molar-refractivity contribution >= 4 is 17.1 Å². The van der Waals surface area contributed by atoms with Gasteiger partial charge in [-0.1, -0.05) is 274 Å². The van der Waals surface area contributed by atoms with E-state index in [0.717, 1.165) is 61.3 Å². The van der Waals surface area contributed by atoms with Gasteiger partial charge < -0.3 is 19.4 Å². The van der Waals surface area contributed by atoms with Crippen molar-refractivity contribution in [1.29, 1.82) is 0 Å². The van der Waals surface area contributed by atoms with E-state index in [2.05, 4.69) is 471 Å². The molecule has 0 atom stereocenters. The first-order valence-electron chi connectivity index (χ1n) is 51.0. The number of fused-ring (bicyclic) bond motifs is 3. The van der Waals surface area contributed by atoms with Crippen molar-refractivity contribution in [2.75, 3.05) is 40.9 Å². The van der Waals surface area contributed by atoms with Crippen LogP contribution >= 0.6 is 0 Å². The molecule has 3 aliphatic rings. The Morgan fingerprint density at radius 2 is 0.679 bits per heavy atom. The van der Waals surface area contributed by atoms with Crippen LogP contribution in [0.5, 0.6) is 5.75 Å². The maximum Gasteiger partial charge on any atom is 0.142 e. The van der Waals surface area contributed by atoms with Crippen LogP contribution in [0.3, 0.4) is 0 Å². The van der Waals surface area contributed by atoms with E-state index in [1.165, 1.54) is 220 Å². The van der Waals surface area contributed by atoms with Gasteiger partial charge in [-0.25, -0.2) is 4.39 Å². The molecule has 0 aliphatic carbocycles. The molecular formula is C129H194FN3O. The Morgan fingerprint density at radius 1 is 0.269 bits per heavy atom. The maximum absolute atomic E-state index is 13.2. The summed E-state index contributed by atoms with van der Waals surface area (Å²) in [5.74, 6) is 0.941. The van der Waals surface area contributed by atoms with E-state index in [9.17, 15) is 4.39 Å². The lowest BCUT2D eigenvalue weighted by Gasteiger charge is -2.41. The van der Waals surface area contributed by atoms with E-state index in [1.54, 1.807) is 6.07 Å². The fourth-order valence-electron chi connectivity index (χ4n) is 18.4. The van der Waals surface area contributed by atoms with Gasteiger partial charge in [-0.3, -0.25) is 0 Å². The second-order valence-electron chi connectivity index (χ2n) is 48.7. The standard InChI is InChI=1S/C14H21N.2C14H22.C13H19NO.C13H19N.2C13H20.2C12H18.C11H15F/c1-11-7-8-12-6-5-9-15(13(12)10-11)14(2,3)4;1-10-7-11(2)12(3)13(8-10)9-14(4,5)6;1-6-12-8-7-11(2)9-13(12)10-14(3,4)5;1-10-5-6-12-11(9-10)14(7-8-15-12)13(2,3)4;1-10-5-6-11-7-8-14(12(11)9-10)13(2,3)4;1-10-6-7-11(2)12(8-10)9-13(3,4)5;1-10-7-6-8-12(11(10)2)9-13(3,4)5;1-10-6-5-7-11(8-10)9-12(2,3)4;1-6-12-9(3)7-8(2)10(4)11(12)5;1-5-10-8(3)7(2)6-11(12)9(10)4/h7-8,10H,5-6,9H2,1-4H3;7-8H,9H2,1-6H3;7-9H,6,10H2,1-5H3;5-6,9H,7-8H2,1-4H3;5-6,9H,7-8H2,1-4H3;2*6-8H,9H2,1-5H3;5-8H,9H2,1-4H3;7H,6H2,1-5H3;6H,5H2,1-4H3. The number of hydrogen-bond donors (Lipinski definition) is 0. The highest BCUT2D eigenvalue weighted by Gasteiger charge is 2.31. The van der Waals surface area contributed by atoms with Gasteiger partial charge in [0.15, 0.2) is 0 Å². The molecule has 4 nitrogen and oxygen atoms in total. The molecule has 0 unspecified atom stereocenters. The molecular weight excluding hydrogens is 1630 g/mol. The quantitative estimate of drug-likeness (QED) is 0.151. The van der Waals surface area contributed by atoms with Gasteiger partial charge in [-0.2, -0.15) is 0 Å². The molecule has 13 rings (SSSR count). The number of aryl methyl sites for hydroxylation is 15. The molecule has 10 aromatic rings. The first-order chi connectivity index (χ1) is 61.6. The molecule has 134 heavy (non-hydrogen) atoms. The molecule has 738 valence electrons. The minimum absolute atomic E-state index is 0.0741. The molecule has 0 spiro atoms. The van der Waals surface area contributed by atoms with Gasteiger partial charge in [0.2, 0.25) is 0 Å². The number of hydrogen-bond acceptors (Lipinski definition) is 4. The number of anilines is 3. The first-order valence-corrected chi connectivity index (χ1v) is 51.0. The molecule has 0 amide bonds. The number of halogens is 1. The summed E-state index contributed by atoms with van der Waals surface area (Å²) in [6.45, 7) is 106. The van der Waals surface area contributed by atoms with Gasteiger partial charge in [0.05, 0.1) is 12.2 Å². The molecule has 3 heterocycles. The van der Waals surface area contributed by atoms with Gasteiger partial charge in [0, 0.05) is 41.1 Å². The Kier molecular flexibility index (Phi) is 44.9. The van der Waals surface area contributed by atoms with Crippen LogP contribution in [0, 0.1) is 164 Å². The maximum atomic E-state index is 13.2. The van der Waals surface area contributed by atoms with E-state index < -0.39 is 0 Å². The van der Waals surface area contributed by atoms with E-state index in [1.807, 2.05) is 13.8 Å². The average molecular weight is 1820 g/mol. The summed E-state index contributed by atoms with van der Waals surface area (Å²) in [6.07, 6.45) is 12.8. The van der Waals surface area contributed by atoms with Gasteiger partial charge in [-0.15, -0.1) is 0 Å². The highest BCUT2D eigenvalue weighted by atomic mass is 19.1. The lowest BCUT2D eigenvalue weighted by atomic mass is 9.85. The van der Waals surface area contributed by atoms with E-state index in [-0.39, 0.29) is 22.4 Å². The monoisotopic (exact) mass is 1820 g/mol. The van der Waals surface area contributed by atoms with Crippen molar-refractivity contribution in [2.24, 2.45) is 27.1 Å². The molecule has 0 aromatic heterocycles. The minimum atomic E-state index is -0.0741. The van der Waals surface area contributed by atoms with Crippen molar-refractivity contribution in [1.82, 2.24) is 0 Å². The lowest BCUT2D eigenvalue weighted by molar-refractivity contribution is 0.289. The van der Waals surface area contributed by atoms with Crippen molar-refractivity contribution < 1.29 is 9.13 Å². The molecule has 0 N–H and O–H groups in total. The highest BCUT2D eigenvalue weighted by molar-refractivity contribution is 5.64. The van der Waals surface area contributed by atoms with Gasteiger partial charge in [0.25, 0.3) is 0 Å². The summed E-state index contributed by atoms with van der Waals surface area (Å²) in [6, 6.07) is 57.4. The van der Waals surface area contributed by atoms with Crippen LogP contribution in [0.25, 0.3) is 0 Å². The average Bonchev–Trinajstić information content (AvgIpc) is 1.57. The van der Waals surface area contributed by atoms with Gasteiger partial charge in [-0.05, 0) is 461 Å². The third-order valence-corrected chi connectivity index (χ3v) is 25.9. The van der Waals surface area contributed by atoms with E-state index in [0.29, 0.717) is 27.1 Å². The van der Waals surface area contributed by atoms with Crippen LogP contribution in [0.4, 0.5) is 21.5 Å². The van der Waals surface area contributed by atoms with Gasteiger partial charge >= 0.3 is 0 Å². The zero-order chi connectivity index (χ0) is 102. The van der Waals surface area contributed by atoms with Crippen molar-refractivity contribution in [3.8, 4) is 5.75 Å². The Hall–Kier alpha value is -8.67. The van der Waals surface area contributed by atoms with E-state index >= 15 is 0 Å². The Bertz CT molecular complexity index is 5230. The molecule has 0 radical (unpaired) electrons.